The van der Waals surface area contributed by atoms with Crippen molar-refractivity contribution in [3.8, 4) is 17.1 Å². The summed E-state index contributed by atoms with van der Waals surface area (Å²) in [6, 6.07) is 25.5. The number of aromatic nitrogens is 5. The summed E-state index contributed by atoms with van der Waals surface area (Å²) in [5.74, 6) is 1.48. The van der Waals surface area contributed by atoms with Crippen LogP contribution >= 0.6 is 0 Å². The highest BCUT2D eigenvalue weighted by molar-refractivity contribution is 5.85. The topological polar surface area (TPSA) is 82.7 Å². The van der Waals surface area contributed by atoms with Gasteiger partial charge in [0.2, 0.25) is 5.82 Å². The summed E-state index contributed by atoms with van der Waals surface area (Å²) in [7, 11) is 1.70. The van der Waals surface area contributed by atoms with Crippen LogP contribution in [0.5, 0.6) is 5.75 Å². The monoisotopic (exact) mass is 436 g/mol. The molecule has 3 heterocycles. The zero-order valence-electron chi connectivity index (χ0n) is 18.3. The molecule has 1 unspecified atom stereocenters. The van der Waals surface area contributed by atoms with Gasteiger partial charge in [-0.2, -0.15) is 5.21 Å². The average molecular weight is 437 g/mol. The summed E-state index contributed by atoms with van der Waals surface area (Å²) in [6.07, 6.45) is 1.01. The van der Waals surface area contributed by atoms with Crippen LogP contribution in [0.3, 0.4) is 0 Å². The fourth-order valence-corrected chi connectivity index (χ4v) is 4.94. The zero-order chi connectivity index (χ0) is 22.2. The Morgan fingerprint density at radius 2 is 1.91 bits per heavy atom. The normalized spacial score (nSPS) is 16.1. The number of aromatic amines is 2. The minimum absolute atomic E-state index is 0.0927. The highest BCUT2D eigenvalue weighted by atomic mass is 16.5. The number of H-pyrrole nitrogens is 2. The minimum Gasteiger partial charge on any atom is -0.497 e. The molecule has 1 aliphatic heterocycles. The predicted molar refractivity (Wildman–Crippen MR) is 127 cm³/mol. The Hall–Kier alpha value is -3.97. The SMILES string of the molecule is COc1ccc(CN2CCc3c([nH]c4ccccc34)C2c2cccc(-c3nn[nH]n3)c2)cc1. The Labute approximate surface area is 191 Å². The smallest absolute Gasteiger partial charge is 0.204 e. The average Bonchev–Trinajstić information content (AvgIpc) is 3.53. The van der Waals surface area contributed by atoms with E-state index in [0.717, 1.165) is 30.8 Å². The number of nitrogens with one attached hydrogen (secondary N) is 2. The highest BCUT2D eigenvalue weighted by Gasteiger charge is 2.32. The molecule has 164 valence electrons. The van der Waals surface area contributed by atoms with E-state index in [0.29, 0.717) is 5.82 Å². The van der Waals surface area contributed by atoms with Crippen LogP contribution in [0, 0.1) is 0 Å². The van der Waals surface area contributed by atoms with E-state index in [-0.39, 0.29) is 6.04 Å². The molecule has 2 aromatic heterocycles. The van der Waals surface area contributed by atoms with Gasteiger partial charge in [-0.1, -0.05) is 48.5 Å². The van der Waals surface area contributed by atoms with Crippen molar-refractivity contribution in [2.75, 3.05) is 13.7 Å². The molecular formula is C26H24N6O. The van der Waals surface area contributed by atoms with E-state index < -0.39 is 0 Å². The number of nitrogens with zero attached hydrogens (tertiary/aromatic N) is 4. The first-order chi connectivity index (χ1) is 16.3. The first-order valence-electron chi connectivity index (χ1n) is 11.1. The third kappa shape index (κ3) is 3.56. The largest absolute Gasteiger partial charge is 0.497 e. The summed E-state index contributed by atoms with van der Waals surface area (Å²) >= 11 is 0. The van der Waals surface area contributed by atoms with Gasteiger partial charge in [-0.05, 0) is 52.6 Å². The summed E-state index contributed by atoms with van der Waals surface area (Å²) < 4.78 is 5.34. The van der Waals surface area contributed by atoms with Gasteiger partial charge >= 0.3 is 0 Å². The Balaban J connectivity index is 1.45. The van der Waals surface area contributed by atoms with Gasteiger partial charge in [-0.3, -0.25) is 4.90 Å². The van der Waals surface area contributed by atoms with Crippen LogP contribution in [0.15, 0.2) is 72.8 Å². The maximum absolute atomic E-state index is 5.34. The van der Waals surface area contributed by atoms with Crippen molar-refractivity contribution in [2.24, 2.45) is 0 Å². The highest BCUT2D eigenvalue weighted by Crippen LogP contribution is 2.39. The second-order valence-corrected chi connectivity index (χ2v) is 8.39. The number of rotatable bonds is 5. The zero-order valence-corrected chi connectivity index (χ0v) is 18.3. The first-order valence-corrected chi connectivity index (χ1v) is 11.1. The van der Waals surface area contributed by atoms with Crippen LogP contribution in [0.25, 0.3) is 22.3 Å². The fourth-order valence-electron chi connectivity index (χ4n) is 4.94. The molecule has 0 radical (unpaired) electrons. The summed E-state index contributed by atoms with van der Waals surface area (Å²) in [4.78, 5) is 6.28. The van der Waals surface area contributed by atoms with Crippen molar-refractivity contribution in [3.63, 3.8) is 0 Å². The van der Waals surface area contributed by atoms with Crippen molar-refractivity contribution in [1.82, 2.24) is 30.5 Å². The van der Waals surface area contributed by atoms with Gasteiger partial charge < -0.3 is 9.72 Å². The lowest BCUT2D eigenvalue weighted by atomic mass is 9.91. The van der Waals surface area contributed by atoms with Crippen LogP contribution in [0.2, 0.25) is 0 Å². The van der Waals surface area contributed by atoms with Gasteiger partial charge in [0.1, 0.15) is 5.75 Å². The fraction of sp³-hybridized carbons (Fsp3) is 0.192. The molecule has 7 nitrogen and oxygen atoms in total. The summed E-state index contributed by atoms with van der Waals surface area (Å²) in [6.45, 7) is 1.81. The number of para-hydroxylation sites is 1. The molecule has 7 heteroatoms. The van der Waals surface area contributed by atoms with E-state index >= 15 is 0 Å². The lowest BCUT2D eigenvalue weighted by Crippen LogP contribution is -2.35. The Bertz CT molecular complexity index is 1390. The molecule has 0 fully saturated rings. The number of benzene rings is 3. The summed E-state index contributed by atoms with van der Waals surface area (Å²) in [5.41, 5.74) is 7.28. The molecule has 0 saturated carbocycles. The Morgan fingerprint density at radius 3 is 2.73 bits per heavy atom. The van der Waals surface area contributed by atoms with Crippen LogP contribution in [-0.2, 0) is 13.0 Å². The molecule has 1 atom stereocenters. The molecule has 5 aromatic rings. The van der Waals surface area contributed by atoms with Crippen molar-refractivity contribution >= 4 is 10.9 Å². The first kappa shape index (κ1) is 19.7. The molecule has 0 bridgehead atoms. The molecule has 0 spiro atoms. The van der Waals surface area contributed by atoms with E-state index in [1.165, 1.54) is 33.3 Å². The third-order valence-electron chi connectivity index (χ3n) is 6.48. The van der Waals surface area contributed by atoms with E-state index in [9.17, 15) is 0 Å². The molecule has 0 saturated heterocycles. The third-order valence-corrected chi connectivity index (χ3v) is 6.48. The standard InChI is InChI=1S/C26H24N6O/c1-33-20-11-9-17(10-12-20)16-32-14-13-22-21-7-2-3-8-23(21)27-24(22)25(32)18-5-4-6-19(15-18)26-28-30-31-29-26/h2-12,15,25,27H,13-14,16H2,1H3,(H,28,29,30,31). The van der Waals surface area contributed by atoms with E-state index in [2.05, 4.69) is 85.1 Å². The second kappa shape index (κ2) is 8.18. The van der Waals surface area contributed by atoms with E-state index in [1.54, 1.807) is 7.11 Å². The number of methoxy groups -OCH3 is 1. The molecule has 3 aromatic carbocycles. The molecule has 1 aliphatic rings. The van der Waals surface area contributed by atoms with Crippen molar-refractivity contribution in [1.29, 1.82) is 0 Å². The van der Waals surface area contributed by atoms with Gasteiger partial charge in [0.15, 0.2) is 0 Å². The van der Waals surface area contributed by atoms with Crippen LogP contribution in [-0.4, -0.2) is 44.2 Å². The van der Waals surface area contributed by atoms with Crippen molar-refractivity contribution < 1.29 is 4.74 Å². The quantitative estimate of drug-likeness (QED) is 0.424. The van der Waals surface area contributed by atoms with Gasteiger partial charge in [0.05, 0.1) is 13.2 Å². The lowest BCUT2D eigenvalue weighted by molar-refractivity contribution is 0.202. The van der Waals surface area contributed by atoms with Crippen LogP contribution in [0.4, 0.5) is 0 Å². The molecule has 0 amide bonds. The van der Waals surface area contributed by atoms with Gasteiger partial charge in [0, 0.05) is 35.2 Å². The second-order valence-electron chi connectivity index (χ2n) is 8.39. The summed E-state index contributed by atoms with van der Waals surface area (Å²) in [5, 5.41) is 15.9. The number of hydrogen-bond donors (Lipinski definition) is 2. The van der Waals surface area contributed by atoms with Gasteiger partial charge in [0.25, 0.3) is 0 Å². The molecule has 0 aliphatic carbocycles. The number of fused-ring (bicyclic) bond motifs is 3. The van der Waals surface area contributed by atoms with Crippen LogP contribution < -0.4 is 4.74 Å². The maximum Gasteiger partial charge on any atom is 0.204 e. The predicted octanol–water partition coefficient (Wildman–Crippen LogP) is 4.50. The number of hydrogen-bond acceptors (Lipinski definition) is 5. The van der Waals surface area contributed by atoms with E-state index in [4.69, 9.17) is 4.74 Å². The van der Waals surface area contributed by atoms with Crippen LogP contribution in [0.1, 0.15) is 28.4 Å². The minimum atomic E-state index is 0.0927. The van der Waals surface area contributed by atoms with Crippen molar-refractivity contribution in [3.05, 3.63) is 95.2 Å². The Kier molecular flexibility index (Phi) is 4.88. The molecule has 6 rings (SSSR count). The van der Waals surface area contributed by atoms with E-state index in [1.807, 2.05) is 18.2 Å². The van der Waals surface area contributed by atoms with Gasteiger partial charge in [-0.15, -0.1) is 10.2 Å². The lowest BCUT2D eigenvalue weighted by Gasteiger charge is -2.36. The Morgan fingerprint density at radius 1 is 1.03 bits per heavy atom. The molecular weight excluding hydrogens is 412 g/mol. The molecule has 2 N–H and O–H groups in total. The number of tetrazole rings is 1. The van der Waals surface area contributed by atoms with Crippen molar-refractivity contribution in [2.45, 2.75) is 19.0 Å². The molecule has 33 heavy (non-hydrogen) atoms. The number of ether oxygens (including phenoxy) is 1. The van der Waals surface area contributed by atoms with Gasteiger partial charge in [-0.25, -0.2) is 0 Å². The maximum atomic E-state index is 5.34.